The molecule has 0 aromatic heterocycles. The Kier molecular flexibility index (Phi) is 10.0. The van der Waals surface area contributed by atoms with Crippen LogP contribution >= 0.6 is 7.60 Å². The van der Waals surface area contributed by atoms with Gasteiger partial charge in [-0.15, -0.1) is 0 Å². The van der Waals surface area contributed by atoms with Crippen molar-refractivity contribution < 1.29 is 28.0 Å². The highest BCUT2D eigenvalue weighted by Crippen LogP contribution is 2.48. The molecule has 27 heavy (non-hydrogen) atoms. The Morgan fingerprint density at radius 3 is 2.19 bits per heavy atom. The fourth-order valence-electron chi connectivity index (χ4n) is 2.22. The molecule has 0 bridgehead atoms. The van der Waals surface area contributed by atoms with E-state index in [1.807, 2.05) is 30.3 Å². The van der Waals surface area contributed by atoms with Crippen molar-refractivity contribution in [3.8, 4) is 0 Å². The van der Waals surface area contributed by atoms with Crippen LogP contribution in [0.15, 0.2) is 30.3 Å². The first kappa shape index (κ1) is 23.6. The molecule has 0 radical (unpaired) electrons. The standard InChI is InChI=1S/C19H32NO6P/c1-6-24-27(22,25-7-2)15-11-14-20(18(21)26-19(3,4)5)23-16-17-12-9-8-10-13-17/h8-10,12-13H,6-7,11,14-16H2,1-5H3. The van der Waals surface area contributed by atoms with Gasteiger partial charge in [-0.05, 0) is 46.6 Å². The SMILES string of the molecule is CCOP(=O)(CCCN(OCc1ccccc1)C(=O)OC(C)(C)C)OCC. The lowest BCUT2D eigenvalue weighted by Crippen LogP contribution is -2.37. The van der Waals surface area contributed by atoms with Gasteiger partial charge in [-0.1, -0.05) is 30.3 Å². The predicted molar refractivity (Wildman–Crippen MR) is 105 cm³/mol. The number of hydroxylamine groups is 2. The quantitative estimate of drug-likeness (QED) is 0.383. The van der Waals surface area contributed by atoms with Crippen LogP contribution in [0.25, 0.3) is 0 Å². The van der Waals surface area contributed by atoms with Gasteiger partial charge in [0.1, 0.15) is 12.2 Å². The van der Waals surface area contributed by atoms with Crippen LogP contribution in [0.5, 0.6) is 0 Å². The Morgan fingerprint density at radius 2 is 1.67 bits per heavy atom. The summed E-state index contributed by atoms with van der Waals surface area (Å²) in [5.41, 5.74) is 0.289. The van der Waals surface area contributed by atoms with E-state index in [1.54, 1.807) is 34.6 Å². The number of ether oxygens (including phenoxy) is 1. The Hall–Kier alpha value is -1.40. The first-order chi connectivity index (χ1) is 12.7. The van der Waals surface area contributed by atoms with E-state index in [-0.39, 0.29) is 19.3 Å². The summed E-state index contributed by atoms with van der Waals surface area (Å²) in [6.45, 7) is 9.95. The first-order valence-corrected chi connectivity index (χ1v) is 11.0. The number of rotatable bonds is 11. The zero-order valence-electron chi connectivity index (χ0n) is 17.0. The third-order valence-corrected chi connectivity index (χ3v) is 5.44. The molecule has 0 N–H and O–H groups in total. The monoisotopic (exact) mass is 401 g/mol. The van der Waals surface area contributed by atoms with Crippen molar-refractivity contribution in [2.45, 2.75) is 53.2 Å². The molecule has 0 fully saturated rings. The highest BCUT2D eigenvalue weighted by molar-refractivity contribution is 7.53. The number of carbonyl (C=O) groups is 1. The van der Waals surface area contributed by atoms with Crippen LogP contribution in [-0.2, 0) is 29.8 Å². The molecule has 0 heterocycles. The minimum absolute atomic E-state index is 0.197. The average Bonchev–Trinajstić information content (AvgIpc) is 2.57. The Bertz CT molecular complexity index is 592. The van der Waals surface area contributed by atoms with Crippen molar-refractivity contribution in [3.63, 3.8) is 0 Å². The van der Waals surface area contributed by atoms with Gasteiger partial charge in [0.2, 0.25) is 0 Å². The predicted octanol–water partition coefficient (Wildman–Crippen LogP) is 5.01. The van der Waals surface area contributed by atoms with Crippen molar-refractivity contribution in [2.24, 2.45) is 0 Å². The van der Waals surface area contributed by atoms with Crippen molar-refractivity contribution in [1.29, 1.82) is 0 Å². The zero-order valence-corrected chi connectivity index (χ0v) is 17.9. The van der Waals surface area contributed by atoms with Crippen LogP contribution in [0.2, 0.25) is 0 Å². The van der Waals surface area contributed by atoms with Gasteiger partial charge < -0.3 is 13.8 Å². The molecule has 1 aromatic carbocycles. The van der Waals surface area contributed by atoms with E-state index < -0.39 is 19.3 Å². The molecule has 0 aliphatic rings. The highest BCUT2D eigenvalue weighted by atomic mass is 31.2. The largest absolute Gasteiger partial charge is 0.442 e. The number of nitrogens with zero attached hydrogens (tertiary/aromatic N) is 1. The molecule has 0 spiro atoms. The van der Waals surface area contributed by atoms with Crippen molar-refractivity contribution >= 4 is 13.7 Å². The minimum atomic E-state index is -3.16. The molecular weight excluding hydrogens is 369 g/mol. The van der Waals surface area contributed by atoms with Gasteiger partial charge in [0.05, 0.1) is 25.9 Å². The van der Waals surface area contributed by atoms with Gasteiger partial charge in [0.25, 0.3) is 0 Å². The topological polar surface area (TPSA) is 74.3 Å². The molecule has 0 atom stereocenters. The summed E-state index contributed by atoms with van der Waals surface area (Å²) in [7, 11) is -3.16. The highest BCUT2D eigenvalue weighted by Gasteiger charge is 2.26. The lowest BCUT2D eigenvalue weighted by atomic mass is 10.2. The summed E-state index contributed by atoms with van der Waals surface area (Å²) >= 11 is 0. The summed E-state index contributed by atoms with van der Waals surface area (Å²) < 4.78 is 28.5. The first-order valence-electron chi connectivity index (χ1n) is 9.24. The third-order valence-electron chi connectivity index (χ3n) is 3.27. The molecule has 1 amide bonds. The van der Waals surface area contributed by atoms with Gasteiger partial charge in [0, 0.05) is 0 Å². The number of benzene rings is 1. The molecule has 0 saturated carbocycles. The summed E-state index contributed by atoms with van der Waals surface area (Å²) in [4.78, 5) is 18.1. The van der Waals surface area contributed by atoms with Crippen LogP contribution in [0.3, 0.4) is 0 Å². The normalized spacial score (nSPS) is 12.0. The maximum atomic E-state index is 12.6. The van der Waals surface area contributed by atoms with E-state index in [9.17, 15) is 9.36 Å². The van der Waals surface area contributed by atoms with Crippen LogP contribution in [-0.4, -0.2) is 42.7 Å². The molecule has 1 rings (SSSR count). The fraction of sp³-hybridized carbons (Fsp3) is 0.632. The molecule has 1 aromatic rings. The zero-order chi connectivity index (χ0) is 20.3. The van der Waals surface area contributed by atoms with Crippen LogP contribution < -0.4 is 0 Å². The fourth-order valence-corrected chi connectivity index (χ4v) is 3.86. The summed E-state index contributed by atoms with van der Waals surface area (Å²) in [5, 5.41) is 1.17. The van der Waals surface area contributed by atoms with E-state index in [0.717, 1.165) is 5.56 Å². The Balaban J connectivity index is 2.69. The Labute approximate surface area is 162 Å². The van der Waals surface area contributed by atoms with E-state index in [2.05, 4.69) is 0 Å². The molecule has 0 aliphatic carbocycles. The Morgan fingerprint density at radius 1 is 1.07 bits per heavy atom. The molecule has 0 aliphatic heterocycles. The van der Waals surface area contributed by atoms with Gasteiger partial charge in [-0.3, -0.25) is 9.40 Å². The third kappa shape index (κ3) is 9.91. The number of hydrogen-bond acceptors (Lipinski definition) is 6. The van der Waals surface area contributed by atoms with Gasteiger partial charge in [0.15, 0.2) is 0 Å². The number of hydrogen-bond donors (Lipinski definition) is 0. The summed E-state index contributed by atoms with van der Waals surface area (Å²) in [6, 6.07) is 9.53. The van der Waals surface area contributed by atoms with E-state index in [4.69, 9.17) is 18.6 Å². The molecule has 0 unspecified atom stereocenters. The van der Waals surface area contributed by atoms with Crippen LogP contribution in [0, 0.1) is 0 Å². The number of carbonyl (C=O) groups excluding carboxylic acids is 1. The second-order valence-corrected chi connectivity index (χ2v) is 9.05. The molecule has 8 heteroatoms. The second kappa shape index (κ2) is 11.4. The molecule has 154 valence electrons. The number of amides is 1. The average molecular weight is 401 g/mol. The van der Waals surface area contributed by atoms with Crippen molar-refractivity contribution in [1.82, 2.24) is 5.06 Å². The van der Waals surface area contributed by atoms with Crippen LogP contribution in [0.1, 0.15) is 46.6 Å². The maximum Gasteiger partial charge on any atom is 0.434 e. The second-order valence-electron chi connectivity index (χ2n) is 6.87. The molecular formula is C19H32NO6P. The molecule has 7 nitrogen and oxygen atoms in total. The van der Waals surface area contributed by atoms with Gasteiger partial charge in [-0.2, -0.15) is 5.06 Å². The lowest BCUT2D eigenvalue weighted by Gasteiger charge is -2.27. The van der Waals surface area contributed by atoms with Crippen LogP contribution in [0.4, 0.5) is 4.79 Å². The van der Waals surface area contributed by atoms with Gasteiger partial charge >= 0.3 is 13.7 Å². The van der Waals surface area contributed by atoms with E-state index in [1.165, 1.54) is 5.06 Å². The minimum Gasteiger partial charge on any atom is -0.442 e. The maximum absolute atomic E-state index is 12.6. The van der Waals surface area contributed by atoms with Crippen molar-refractivity contribution in [2.75, 3.05) is 25.9 Å². The van der Waals surface area contributed by atoms with Gasteiger partial charge in [-0.25, -0.2) is 4.79 Å². The lowest BCUT2D eigenvalue weighted by molar-refractivity contribution is -0.156. The smallest absolute Gasteiger partial charge is 0.434 e. The van der Waals surface area contributed by atoms with E-state index in [0.29, 0.717) is 19.6 Å². The molecule has 0 saturated heterocycles. The summed E-state index contributed by atoms with van der Waals surface area (Å²) in [5.74, 6) is 0. The van der Waals surface area contributed by atoms with E-state index >= 15 is 0 Å². The van der Waals surface area contributed by atoms with Crippen molar-refractivity contribution in [3.05, 3.63) is 35.9 Å². The summed E-state index contributed by atoms with van der Waals surface area (Å²) in [6.07, 6.45) is 0.00892.